The maximum absolute atomic E-state index is 5.17. The summed E-state index contributed by atoms with van der Waals surface area (Å²) in [6.07, 6.45) is 0. The maximum atomic E-state index is 5.17. The SMILES string of the molecule is COc1ccc(Nc2nnc(Sc3cc(C)c4ccccc4n3)s2)cc1. The molecule has 0 fully saturated rings. The molecule has 2 heterocycles. The van der Waals surface area contributed by atoms with Crippen molar-refractivity contribution >= 4 is 44.8 Å². The van der Waals surface area contributed by atoms with Gasteiger partial charge in [0.1, 0.15) is 10.8 Å². The molecule has 0 aliphatic rings. The third kappa shape index (κ3) is 3.63. The predicted octanol–water partition coefficient (Wildman–Crippen LogP) is 5.30. The van der Waals surface area contributed by atoms with E-state index in [1.165, 1.54) is 34.0 Å². The van der Waals surface area contributed by atoms with Gasteiger partial charge < -0.3 is 10.1 Å². The quantitative estimate of drug-likeness (QED) is 0.507. The molecule has 0 aliphatic heterocycles. The highest BCUT2D eigenvalue weighted by atomic mass is 32.2. The molecular weight excluding hydrogens is 364 g/mol. The summed E-state index contributed by atoms with van der Waals surface area (Å²) in [5, 5.41) is 14.6. The summed E-state index contributed by atoms with van der Waals surface area (Å²) in [7, 11) is 1.65. The minimum absolute atomic E-state index is 0.746. The third-order valence-electron chi connectivity index (χ3n) is 3.84. The van der Waals surface area contributed by atoms with Crippen LogP contribution in [0.3, 0.4) is 0 Å². The Hall–Kier alpha value is -2.64. The summed E-state index contributed by atoms with van der Waals surface area (Å²) in [5.41, 5.74) is 3.15. The summed E-state index contributed by atoms with van der Waals surface area (Å²) in [4.78, 5) is 4.71. The number of fused-ring (bicyclic) bond motifs is 1. The predicted molar refractivity (Wildman–Crippen MR) is 107 cm³/mol. The number of para-hydroxylation sites is 1. The van der Waals surface area contributed by atoms with Crippen LogP contribution < -0.4 is 10.1 Å². The van der Waals surface area contributed by atoms with Gasteiger partial charge in [0.2, 0.25) is 5.13 Å². The molecule has 0 bridgehead atoms. The number of anilines is 2. The number of hydrogen-bond acceptors (Lipinski definition) is 7. The van der Waals surface area contributed by atoms with Gasteiger partial charge in [-0.2, -0.15) is 0 Å². The Bertz CT molecular complexity index is 1050. The lowest BCUT2D eigenvalue weighted by molar-refractivity contribution is 0.415. The smallest absolute Gasteiger partial charge is 0.210 e. The third-order valence-corrected chi connectivity index (χ3v) is 5.65. The number of ether oxygens (including phenoxy) is 1. The molecule has 7 heteroatoms. The fourth-order valence-electron chi connectivity index (χ4n) is 2.56. The highest BCUT2D eigenvalue weighted by Gasteiger charge is 2.09. The second-order valence-electron chi connectivity index (χ2n) is 5.62. The van der Waals surface area contributed by atoms with Crippen molar-refractivity contribution in [3.8, 4) is 5.75 Å². The van der Waals surface area contributed by atoms with Gasteiger partial charge >= 0.3 is 0 Å². The zero-order valence-electron chi connectivity index (χ0n) is 14.3. The van der Waals surface area contributed by atoms with Crippen molar-refractivity contribution in [2.45, 2.75) is 16.3 Å². The van der Waals surface area contributed by atoms with E-state index in [9.17, 15) is 0 Å². The van der Waals surface area contributed by atoms with Gasteiger partial charge in [-0.25, -0.2) is 4.98 Å². The molecule has 1 N–H and O–H groups in total. The summed E-state index contributed by atoms with van der Waals surface area (Å²) < 4.78 is 6.02. The van der Waals surface area contributed by atoms with Crippen molar-refractivity contribution in [1.29, 1.82) is 0 Å². The number of nitrogens with one attached hydrogen (secondary N) is 1. The number of nitrogens with zero attached hydrogens (tertiary/aromatic N) is 3. The van der Waals surface area contributed by atoms with Crippen molar-refractivity contribution in [3.63, 3.8) is 0 Å². The average Bonchev–Trinajstić information content (AvgIpc) is 3.09. The fraction of sp³-hybridized carbons (Fsp3) is 0.105. The standard InChI is InChI=1S/C19H16N4OS2/c1-12-11-17(21-16-6-4-3-5-15(12)16)25-19-23-22-18(26-19)20-13-7-9-14(24-2)10-8-13/h3-11H,1-2H3,(H,20,22). The molecule has 0 radical (unpaired) electrons. The zero-order chi connectivity index (χ0) is 17.9. The summed E-state index contributed by atoms with van der Waals surface area (Å²) in [6.45, 7) is 2.10. The molecule has 0 saturated carbocycles. The number of aromatic nitrogens is 3. The summed E-state index contributed by atoms with van der Waals surface area (Å²) >= 11 is 3.03. The molecule has 0 amide bonds. The first-order valence-corrected chi connectivity index (χ1v) is 9.63. The molecular formula is C19H16N4OS2. The topological polar surface area (TPSA) is 59.9 Å². The Labute approximate surface area is 159 Å². The van der Waals surface area contributed by atoms with Crippen molar-refractivity contribution in [2.24, 2.45) is 0 Å². The van der Waals surface area contributed by atoms with Gasteiger partial charge in [-0.05, 0) is 60.6 Å². The number of rotatable bonds is 5. The van der Waals surface area contributed by atoms with Crippen LogP contribution in [0.2, 0.25) is 0 Å². The monoisotopic (exact) mass is 380 g/mol. The van der Waals surface area contributed by atoms with E-state index in [1.807, 2.05) is 42.5 Å². The molecule has 0 saturated heterocycles. The second kappa shape index (κ2) is 7.31. The molecule has 5 nitrogen and oxygen atoms in total. The Kier molecular flexibility index (Phi) is 4.73. The van der Waals surface area contributed by atoms with Crippen LogP contribution >= 0.6 is 23.1 Å². The van der Waals surface area contributed by atoms with E-state index < -0.39 is 0 Å². The number of pyridine rings is 1. The number of aryl methyl sites for hydroxylation is 1. The van der Waals surface area contributed by atoms with Crippen LogP contribution in [-0.2, 0) is 0 Å². The van der Waals surface area contributed by atoms with Crippen molar-refractivity contribution < 1.29 is 4.74 Å². The summed E-state index contributed by atoms with van der Waals surface area (Å²) in [6, 6.07) is 17.9. The van der Waals surface area contributed by atoms with Crippen LogP contribution in [0, 0.1) is 6.92 Å². The van der Waals surface area contributed by atoms with Gasteiger partial charge in [-0.3, -0.25) is 0 Å². The van der Waals surface area contributed by atoms with Gasteiger partial charge in [0.05, 0.1) is 12.6 Å². The second-order valence-corrected chi connectivity index (χ2v) is 7.87. The van der Waals surface area contributed by atoms with Gasteiger partial charge in [0.25, 0.3) is 0 Å². The van der Waals surface area contributed by atoms with Crippen LogP contribution in [0.5, 0.6) is 5.75 Å². The largest absolute Gasteiger partial charge is 0.497 e. The molecule has 130 valence electrons. The molecule has 4 aromatic rings. The normalized spacial score (nSPS) is 10.8. The first kappa shape index (κ1) is 16.8. The first-order chi connectivity index (χ1) is 12.7. The van der Waals surface area contributed by atoms with Crippen molar-refractivity contribution in [1.82, 2.24) is 15.2 Å². The van der Waals surface area contributed by atoms with Gasteiger partial charge in [-0.1, -0.05) is 29.5 Å². The minimum Gasteiger partial charge on any atom is -0.497 e. The molecule has 0 aliphatic carbocycles. The number of benzene rings is 2. The molecule has 0 atom stereocenters. The average molecular weight is 380 g/mol. The van der Waals surface area contributed by atoms with Crippen LogP contribution in [-0.4, -0.2) is 22.3 Å². The first-order valence-electron chi connectivity index (χ1n) is 8.00. The lowest BCUT2D eigenvalue weighted by Gasteiger charge is -2.04. The van der Waals surface area contributed by atoms with Crippen molar-refractivity contribution in [2.75, 3.05) is 12.4 Å². The Morgan fingerprint density at radius 3 is 2.65 bits per heavy atom. The van der Waals surface area contributed by atoms with Gasteiger partial charge in [-0.15, -0.1) is 10.2 Å². The summed E-state index contributed by atoms with van der Waals surface area (Å²) in [5.74, 6) is 0.821. The maximum Gasteiger partial charge on any atom is 0.210 e. The number of hydrogen-bond donors (Lipinski definition) is 1. The highest BCUT2D eigenvalue weighted by molar-refractivity contribution is 8.01. The van der Waals surface area contributed by atoms with E-state index in [4.69, 9.17) is 9.72 Å². The van der Waals surface area contributed by atoms with E-state index in [1.54, 1.807) is 7.11 Å². The van der Waals surface area contributed by atoms with Crippen molar-refractivity contribution in [3.05, 3.63) is 60.2 Å². The van der Waals surface area contributed by atoms with Gasteiger partial charge in [0.15, 0.2) is 4.34 Å². The van der Waals surface area contributed by atoms with Crippen LogP contribution in [0.25, 0.3) is 10.9 Å². The van der Waals surface area contributed by atoms with E-state index in [0.29, 0.717) is 0 Å². The Morgan fingerprint density at radius 2 is 1.85 bits per heavy atom. The number of methoxy groups -OCH3 is 1. The fourth-order valence-corrected chi connectivity index (χ4v) is 4.36. The Balaban J connectivity index is 1.51. The van der Waals surface area contributed by atoms with Gasteiger partial charge in [0, 0.05) is 11.1 Å². The van der Waals surface area contributed by atoms with Crippen LogP contribution in [0.15, 0.2) is 64.0 Å². The van der Waals surface area contributed by atoms with E-state index >= 15 is 0 Å². The molecule has 26 heavy (non-hydrogen) atoms. The lowest BCUT2D eigenvalue weighted by Crippen LogP contribution is -1.89. The molecule has 4 rings (SSSR count). The molecule has 0 unspecified atom stereocenters. The van der Waals surface area contributed by atoms with E-state index in [-0.39, 0.29) is 0 Å². The highest BCUT2D eigenvalue weighted by Crippen LogP contribution is 2.33. The van der Waals surface area contributed by atoms with Crippen LogP contribution in [0.4, 0.5) is 10.8 Å². The molecule has 2 aromatic carbocycles. The lowest BCUT2D eigenvalue weighted by atomic mass is 10.1. The molecule has 2 aromatic heterocycles. The van der Waals surface area contributed by atoms with Crippen LogP contribution in [0.1, 0.15) is 5.56 Å². The minimum atomic E-state index is 0.746. The Morgan fingerprint density at radius 1 is 1.04 bits per heavy atom. The van der Waals surface area contributed by atoms with E-state index in [0.717, 1.165) is 31.5 Å². The zero-order valence-corrected chi connectivity index (χ0v) is 15.9. The van der Waals surface area contributed by atoms with E-state index in [2.05, 4.69) is 34.6 Å². The molecule has 0 spiro atoms.